The first-order valence-electron chi connectivity index (χ1n) is 6.25. The van der Waals surface area contributed by atoms with E-state index in [4.69, 9.17) is 15.0 Å². The smallest absolute Gasteiger partial charge is 0.229 e. The summed E-state index contributed by atoms with van der Waals surface area (Å²) in [7, 11) is 1.66. The Balaban J connectivity index is 2.03. The molecule has 1 heterocycles. The zero-order valence-corrected chi connectivity index (χ0v) is 10.6. The van der Waals surface area contributed by atoms with Crippen LogP contribution >= 0.6 is 0 Å². The third-order valence-corrected chi connectivity index (χ3v) is 3.60. The second-order valence-corrected chi connectivity index (χ2v) is 5.09. The lowest BCUT2D eigenvalue weighted by Gasteiger charge is -2.33. The van der Waals surface area contributed by atoms with Crippen molar-refractivity contribution in [1.29, 1.82) is 0 Å². The number of methoxy groups -OCH3 is 1. The van der Waals surface area contributed by atoms with Crippen LogP contribution in [0.2, 0.25) is 0 Å². The highest BCUT2D eigenvalue weighted by Crippen LogP contribution is 2.35. The maximum Gasteiger partial charge on any atom is 0.229 e. The van der Waals surface area contributed by atoms with E-state index in [9.17, 15) is 0 Å². The predicted molar refractivity (Wildman–Crippen MR) is 63.4 cm³/mol. The number of hydrogen-bond donors (Lipinski definition) is 1. The van der Waals surface area contributed by atoms with Gasteiger partial charge in [0.05, 0.1) is 18.6 Å². The minimum absolute atomic E-state index is 0.388. The second-order valence-electron chi connectivity index (χ2n) is 5.09. The van der Waals surface area contributed by atoms with Gasteiger partial charge in [0, 0.05) is 7.11 Å². The van der Waals surface area contributed by atoms with Crippen molar-refractivity contribution in [2.24, 2.45) is 11.7 Å². The van der Waals surface area contributed by atoms with Gasteiger partial charge in [-0.05, 0) is 31.6 Å². The van der Waals surface area contributed by atoms with E-state index < -0.39 is 0 Å². The first kappa shape index (κ1) is 12.5. The van der Waals surface area contributed by atoms with Crippen LogP contribution in [0.4, 0.5) is 0 Å². The molecule has 0 unspecified atom stereocenters. The van der Waals surface area contributed by atoms with Crippen LogP contribution in [0.1, 0.15) is 44.3 Å². The fraction of sp³-hybridized carbons (Fsp3) is 0.833. The fourth-order valence-corrected chi connectivity index (χ4v) is 2.25. The number of hydrogen-bond acceptors (Lipinski definition) is 5. The Morgan fingerprint density at radius 1 is 1.47 bits per heavy atom. The van der Waals surface area contributed by atoms with Gasteiger partial charge in [0.1, 0.15) is 0 Å². The minimum atomic E-state index is -0.388. The van der Waals surface area contributed by atoms with Crippen molar-refractivity contribution in [1.82, 2.24) is 10.1 Å². The lowest BCUT2D eigenvalue weighted by molar-refractivity contribution is 0.191. The van der Waals surface area contributed by atoms with Crippen molar-refractivity contribution < 1.29 is 9.26 Å². The third kappa shape index (κ3) is 2.84. The molecule has 0 bridgehead atoms. The lowest BCUT2D eigenvalue weighted by Crippen LogP contribution is -2.41. The molecule has 2 rings (SSSR count). The average Bonchev–Trinajstić information content (AvgIpc) is 2.80. The molecule has 1 aliphatic carbocycles. The summed E-state index contributed by atoms with van der Waals surface area (Å²) in [5, 5.41) is 4.02. The summed E-state index contributed by atoms with van der Waals surface area (Å²) < 4.78 is 10.2. The highest BCUT2D eigenvalue weighted by Gasteiger charge is 2.36. The molecule has 0 radical (unpaired) electrons. The first-order valence-corrected chi connectivity index (χ1v) is 6.25. The largest absolute Gasteiger partial charge is 0.384 e. The Morgan fingerprint density at radius 3 is 2.82 bits per heavy atom. The van der Waals surface area contributed by atoms with Crippen LogP contribution in [0.15, 0.2) is 4.52 Å². The molecule has 96 valence electrons. The van der Waals surface area contributed by atoms with Gasteiger partial charge in [-0.3, -0.25) is 0 Å². The van der Waals surface area contributed by atoms with E-state index in [0.29, 0.717) is 24.7 Å². The fourth-order valence-electron chi connectivity index (χ4n) is 2.25. The van der Waals surface area contributed by atoms with Gasteiger partial charge in [0.25, 0.3) is 0 Å². The van der Waals surface area contributed by atoms with E-state index in [-0.39, 0.29) is 5.54 Å². The van der Waals surface area contributed by atoms with Crippen LogP contribution in [0, 0.1) is 5.92 Å². The van der Waals surface area contributed by atoms with Crippen molar-refractivity contribution in [3.8, 4) is 0 Å². The molecule has 0 atom stereocenters. The van der Waals surface area contributed by atoms with E-state index in [2.05, 4.69) is 17.1 Å². The minimum Gasteiger partial charge on any atom is -0.384 e. The number of rotatable bonds is 4. The topological polar surface area (TPSA) is 74.2 Å². The summed E-state index contributed by atoms with van der Waals surface area (Å²) in [6.07, 6.45) is 4.81. The van der Waals surface area contributed by atoms with E-state index in [1.165, 1.54) is 0 Å². The molecule has 0 aromatic carbocycles. The van der Waals surface area contributed by atoms with Gasteiger partial charge < -0.3 is 15.0 Å². The first-order chi connectivity index (χ1) is 8.14. The maximum absolute atomic E-state index is 6.37. The van der Waals surface area contributed by atoms with Crippen LogP contribution in [-0.2, 0) is 16.7 Å². The van der Waals surface area contributed by atoms with E-state index in [1.54, 1.807) is 7.11 Å². The second kappa shape index (κ2) is 5.14. The Hall–Kier alpha value is -0.940. The molecule has 0 spiro atoms. The molecule has 1 aromatic rings. The zero-order valence-electron chi connectivity index (χ0n) is 10.6. The standard InChI is InChI=1S/C12H21N3O2/c1-9-3-6-12(13,7-4-9)11-14-10(17-15-11)5-8-16-2/h9H,3-8,13H2,1-2H3. The quantitative estimate of drug-likeness (QED) is 0.864. The monoisotopic (exact) mass is 239 g/mol. The summed E-state index contributed by atoms with van der Waals surface area (Å²) in [4.78, 5) is 4.39. The normalized spacial score (nSPS) is 29.5. The Kier molecular flexibility index (Phi) is 3.79. The molecule has 1 aliphatic rings. The summed E-state index contributed by atoms with van der Waals surface area (Å²) in [5.41, 5.74) is 5.98. The Labute approximate surface area is 102 Å². The molecule has 5 heteroatoms. The lowest BCUT2D eigenvalue weighted by atomic mass is 9.77. The van der Waals surface area contributed by atoms with Crippen molar-refractivity contribution in [3.63, 3.8) is 0 Å². The van der Waals surface area contributed by atoms with Crippen molar-refractivity contribution in [2.45, 2.75) is 44.6 Å². The van der Waals surface area contributed by atoms with E-state index >= 15 is 0 Å². The average molecular weight is 239 g/mol. The molecule has 1 saturated carbocycles. The summed E-state index contributed by atoms with van der Waals surface area (Å²) in [6.45, 7) is 2.86. The maximum atomic E-state index is 6.37. The number of nitrogens with two attached hydrogens (primary N) is 1. The summed E-state index contributed by atoms with van der Waals surface area (Å²) in [5.74, 6) is 2.03. The number of nitrogens with zero attached hydrogens (tertiary/aromatic N) is 2. The van der Waals surface area contributed by atoms with Gasteiger partial charge in [0.2, 0.25) is 5.89 Å². The molecular weight excluding hydrogens is 218 g/mol. The highest BCUT2D eigenvalue weighted by molar-refractivity contribution is 5.05. The third-order valence-electron chi connectivity index (χ3n) is 3.60. The predicted octanol–water partition coefficient (Wildman–Crippen LogP) is 1.62. The Bertz CT molecular complexity index is 356. The van der Waals surface area contributed by atoms with Gasteiger partial charge >= 0.3 is 0 Å². The number of aromatic nitrogens is 2. The van der Waals surface area contributed by atoms with Crippen molar-refractivity contribution >= 4 is 0 Å². The van der Waals surface area contributed by atoms with Gasteiger partial charge in [-0.15, -0.1) is 0 Å². The van der Waals surface area contributed by atoms with Gasteiger partial charge in [0.15, 0.2) is 5.82 Å². The number of ether oxygens (including phenoxy) is 1. The summed E-state index contributed by atoms with van der Waals surface area (Å²) in [6, 6.07) is 0. The molecule has 1 aromatic heterocycles. The molecule has 17 heavy (non-hydrogen) atoms. The molecule has 0 amide bonds. The Morgan fingerprint density at radius 2 is 2.18 bits per heavy atom. The van der Waals surface area contributed by atoms with Crippen LogP contribution in [0.5, 0.6) is 0 Å². The zero-order chi connectivity index (χ0) is 12.3. The SMILES string of the molecule is COCCc1nc(C2(N)CCC(C)CC2)no1. The van der Waals surface area contributed by atoms with Gasteiger partial charge in [-0.1, -0.05) is 12.1 Å². The van der Waals surface area contributed by atoms with Gasteiger partial charge in [-0.2, -0.15) is 4.98 Å². The van der Waals surface area contributed by atoms with Crippen molar-refractivity contribution in [2.75, 3.05) is 13.7 Å². The highest BCUT2D eigenvalue weighted by atomic mass is 16.5. The molecule has 0 saturated heterocycles. The van der Waals surface area contributed by atoms with Crippen LogP contribution < -0.4 is 5.73 Å². The summed E-state index contributed by atoms with van der Waals surface area (Å²) >= 11 is 0. The van der Waals surface area contributed by atoms with E-state index in [1.807, 2.05) is 0 Å². The van der Waals surface area contributed by atoms with E-state index in [0.717, 1.165) is 31.6 Å². The van der Waals surface area contributed by atoms with Crippen molar-refractivity contribution in [3.05, 3.63) is 11.7 Å². The van der Waals surface area contributed by atoms with Crippen LogP contribution in [0.25, 0.3) is 0 Å². The molecular formula is C12H21N3O2. The van der Waals surface area contributed by atoms with Crippen LogP contribution in [-0.4, -0.2) is 23.9 Å². The molecule has 0 aliphatic heterocycles. The molecule has 2 N–H and O–H groups in total. The molecule has 5 nitrogen and oxygen atoms in total. The molecule has 1 fully saturated rings. The van der Waals surface area contributed by atoms with Crippen LogP contribution in [0.3, 0.4) is 0 Å². The van der Waals surface area contributed by atoms with Gasteiger partial charge in [-0.25, -0.2) is 0 Å².